The summed E-state index contributed by atoms with van der Waals surface area (Å²) in [4.78, 5) is 0. The lowest BCUT2D eigenvalue weighted by Crippen LogP contribution is -2.27. The molecule has 0 aromatic carbocycles. The van der Waals surface area contributed by atoms with E-state index in [9.17, 15) is 0 Å². The van der Waals surface area contributed by atoms with E-state index < -0.39 is 0 Å². The van der Waals surface area contributed by atoms with Crippen molar-refractivity contribution in [2.24, 2.45) is 5.92 Å². The molecular formula is C11H23NO. The highest BCUT2D eigenvalue weighted by Gasteiger charge is 2.19. The molecule has 0 aliphatic heterocycles. The first-order chi connectivity index (χ1) is 6.33. The molecule has 1 aliphatic rings. The highest BCUT2D eigenvalue weighted by Crippen LogP contribution is 2.24. The van der Waals surface area contributed by atoms with E-state index in [1.54, 1.807) is 7.11 Å². The molecule has 0 bridgehead atoms. The normalized spacial score (nSPS) is 28.2. The van der Waals surface area contributed by atoms with Crippen LogP contribution in [0.15, 0.2) is 0 Å². The standard InChI is InChI=1S/C11H23NO/c1-10-5-6-11(9-10)12-7-3-4-8-13-2/h10-12H,3-9H2,1-2H3/t10-,11-/m0/s1. The van der Waals surface area contributed by atoms with Crippen LogP contribution in [0.4, 0.5) is 0 Å². The third kappa shape index (κ3) is 4.63. The van der Waals surface area contributed by atoms with Gasteiger partial charge in [-0.05, 0) is 44.6 Å². The Morgan fingerprint density at radius 1 is 1.31 bits per heavy atom. The summed E-state index contributed by atoms with van der Waals surface area (Å²) in [7, 11) is 1.77. The number of methoxy groups -OCH3 is 1. The summed E-state index contributed by atoms with van der Waals surface area (Å²) in [6, 6.07) is 0.803. The number of ether oxygens (including phenoxy) is 1. The van der Waals surface area contributed by atoms with Crippen molar-refractivity contribution in [2.45, 2.75) is 45.1 Å². The number of hydrogen-bond donors (Lipinski definition) is 1. The second-order valence-corrected chi connectivity index (χ2v) is 4.27. The fourth-order valence-corrected chi connectivity index (χ4v) is 2.07. The van der Waals surface area contributed by atoms with E-state index in [4.69, 9.17) is 4.74 Å². The highest BCUT2D eigenvalue weighted by molar-refractivity contribution is 4.77. The molecule has 13 heavy (non-hydrogen) atoms. The number of hydrogen-bond acceptors (Lipinski definition) is 2. The Balaban J connectivity index is 1.88. The van der Waals surface area contributed by atoms with Crippen molar-refractivity contribution >= 4 is 0 Å². The predicted molar refractivity (Wildman–Crippen MR) is 55.9 cm³/mol. The van der Waals surface area contributed by atoms with Crippen LogP contribution in [0.5, 0.6) is 0 Å². The molecule has 1 rings (SSSR count). The van der Waals surface area contributed by atoms with E-state index in [0.717, 1.165) is 18.6 Å². The van der Waals surface area contributed by atoms with Crippen LogP contribution in [0.25, 0.3) is 0 Å². The minimum absolute atomic E-state index is 0.803. The summed E-state index contributed by atoms with van der Waals surface area (Å²) in [5.74, 6) is 0.941. The maximum atomic E-state index is 5.00. The van der Waals surface area contributed by atoms with Crippen LogP contribution in [-0.2, 0) is 4.74 Å². The van der Waals surface area contributed by atoms with Gasteiger partial charge >= 0.3 is 0 Å². The average Bonchev–Trinajstić information content (AvgIpc) is 2.51. The van der Waals surface area contributed by atoms with Crippen molar-refractivity contribution in [1.29, 1.82) is 0 Å². The lowest BCUT2D eigenvalue weighted by atomic mass is 10.1. The van der Waals surface area contributed by atoms with Crippen LogP contribution >= 0.6 is 0 Å². The predicted octanol–water partition coefficient (Wildman–Crippen LogP) is 2.19. The van der Waals surface area contributed by atoms with Gasteiger partial charge in [0.2, 0.25) is 0 Å². The van der Waals surface area contributed by atoms with E-state index >= 15 is 0 Å². The summed E-state index contributed by atoms with van der Waals surface area (Å²) in [5.41, 5.74) is 0. The Morgan fingerprint density at radius 2 is 2.15 bits per heavy atom. The summed E-state index contributed by atoms with van der Waals surface area (Å²) in [5, 5.41) is 3.62. The van der Waals surface area contributed by atoms with Crippen molar-refractivity contribution in [3.8, 4) is 0 Å². The van der Waals surface area contributed by atoms with Gasteiger partial charge in [0.15, 0.2) is 0 Å². The van der Waals surface area contributed by atoms with Crippen molar-refractivity contribution in [2.75, 3.05) is 20.3 Å². The first-order valence-electron chi connectivity index (χ1n) is 5.55. The Bertz CT molecular complexity index is 127. The minimum atomic E-state index is 0.803. The van der Waals surface area contributed by atoms with E-state index in [2.05, 4.69) is 12.2 Å². The van der Waals surface area contributed by atoms with E-state index in [1.165, 1.54) is 38.6 Å². The zero-order chi connectivity index (χ0) is 9.52. The molecule has 2 heteroatoms. The maximum absolute atomic E-state index is 5.00. The molecule has 0 radical (unpaired) electrons. The summed E-state index contributed by atoms with van der Waals surface area (Å²) in [6.45, 7) is 4.43. The number of nitrogens with one attached hydrogen (secondary N) is 1. The van der Waals surface area contributed by atoms with Crippen molar-refractivity contribution < 1.29 is 4.74 Å². The third-order valence-corrected chi connectivity index (χ3v) is 2.90. The lowest BCUT2D eigenvalue weighted by molar-refractivity contribution is 0.192. The topological polar surface area (TPSA) is 21.3 Å². The molecular weight excluding hydrogens is 162 g/mol. The van der Waals surface area contributed by atoms with Crippen molar-refractivity contribution in [3.05, 3.63) is 0 Å². The Hall–Kier alpha value is -0.0800. The molecule has 2 atom stereocenters. The Kier molecular flexibility index (Phi) is 5.40. The second-order valence-electron chi connectivity index (χ2n) is 4.27. The zero-order valence-electron chi connectivity index (χ0n) is 9.01. The van der Waals surface area contributed by atoms with E-state index in [0.29, 0.717) is 0 Å². The molecule has 0 unspecified atom stereocenters. The molecule has 0 amide bonds. The van der Waals surface area contributed by atoms with Crippen molar-refractivity contribution in [3.63, 3.8) is 0 Å². The van der Waals surface area contributed by atoms with Gasteiger partial charge in [0.05, 0.1) is 0 Å². The SMILES string of the molecule is COCCCCN[C@H]1CC[C@H](C)C1. The average molecular weight is 185 g/mol. The minimum Gasteiger partial charge on any atom is -0.385 e. The summed E-state index contributed by atoms with van der Waals surface area (Å²) in [6.07, 6.45) is 6.61. The van der Waals surface area contributed by atoms with Crippen LogP contribution < -0.4 is 5.32 Å². The van der Waals surface area contributed by atoms with Crippen molar-refractivity contribution in [1.82, 2.24) is 5.32 Å². The van der Waals surface area contributed by atoms with Gasteiger partial charge in [-0.2, -0.15) is 0 Å². The zero-order valence-corrected chi connectivity index (χ0v) is 9.01. The molecule has 0 heterocycles. The first kappa shape index (κ1) is 11.0. The number of unbranched alkanes of at least 4 members (excludes halogenated alkanes) is 1. The second kappa shape index (κ2) is 6.39. The van der Waals surface area contributed by atoms with E-state index in [1.807, 2.05) is 0 Å². The lowest BCUT2D eigenvalue weighted by Gasteiger charge is -2.11. The fourth-order valence-electron chi connectivity index (χ4n) is 2.07. The molecule has 0 spiro atoms. The van der Waals surface area contributed by atoms with Gasteiger partial charge in [-0.1, -0.05) is 6.92 Å². The summed E-state index contributed by atoms with van der Waals surface area (Å²) < 4.78 is 5.00. The molecule has 1 aliphatic carbocycles. The van der Waals surface area contributed by atoms with Gasteiger partial charge in [-0.3, -0.25) is 0 Å². The molecule has 78 valence electrons. The molecule has 1 N–H and O–H groups in total. The molecule has 0 aromatic rings. The molecule has 2 nitrogen and oxygen atoms in total. The first-order valence-corrected chi connectivity index (χ1v) is 5.55. The van der Waals surface area contributed by atoms with Crippen LogP contribution in [0.2, 0.25) is 0 Å². The van der Waals surface area contributed by atoms with Gasteiger partial charge in [0.25, 0.3) is 0 Å². The molecule has 1 saturated carbocycles. The Morgan fingerprint density at radius 3 is 2.77 bits per heavy atom. The highest BCUT2D eigenvalue weighted by atomic mass is 16.5. The molecule has 0 aromatic heterocycles. The van der Waals surface area contributed by atoms with Crippen LogP contribution in [0, 0.1) is 5.92 Å². The summed E-state index contributed by atoms with van der Waals surface area (Å²) >= 11 is 0. The molecule has 0 saturated heterocycles. The smallest absolute Gasteiger partial charge is 0.0462 e. The van der Waals surface area contributed by atoms with Crippen LogP contribution in [0.1, 0.15) is 39.0 Å². The monoisotopic (exact) mass is 185 g/mol. The van der Waals surface area contributed by atoms with Gasteiger partial charge in [0, 0.05) is 19.8 Å². The van der Waals surface area contributed by atoms with Gasteiger partial charge in [-0.15, -0.1) is 0 Å². The van der Waals surface area contributed by atoms with Gasteiger partial charge in [-0.25, -0.2) is 0 Å². The van der Waals surface area contributed by atoms with Crippen LogP contribution in [-0.4, -0.2) is 26.3 Å². The third-order valence-electron chi connectivity index (χ3n) is 2.90. The maximum Gasteiger partial charge on any atom is 0.0462 e. The van der Waals surface area contributed by atoms with Crippen LogP contribution in [0.3, 0.4) is 0 Å². The molecule has 1 fully saturated rings. The Labute approximate surface area is 82.0 Å². The van der Waals surface area contributed by atoms with E-state index in [-0.39, 0.29) is 0 Å². The number of rotatable bonds is 6. The quantitative estimate of drug-likeness (QED) is 0.640. The van der Waals surface area contributed by atoms with Gasteiger partial charge < -0.3 is 10.1 Å². The van der Waals surface area contributed by atoms with Gasteiger partial charge in [0.1, 0.15) is 0 Å². The largest absolute Gasteiger partial charge is 0.385 e. The fraction of sp³-hybridized carbons (Fsp3) is 1.00.